The summed E-state index contributed by atoms with van der Waals surface area (Å²) in [6.07, 6.45) is 1.80. The molecule has 126 valence electrons. The highest BCUT2D eigenvalue weighted by Crippen LogP contribution is 2.46. The normalized spacial score (nSPS) is 15.8. The molecular weight excluding hydrogens is 302 g/mol. The van der Waals surface area contributed by atoms with Gasteiger partial charge in [0, 0.05) is 6.07 Å². The third-order valence-electron chi connectivity index (χ3n) is 4.50. The van der Waals surface area contributed by atoms with Crippen molar-refractivity contribution in [2.75, 3.05) is 0 Å². The first kappa shape index (κ1) is 16.4. The average Bonchev–Trinajstić information content (AvgIpc) is 3.26. The van der Waals surface area contributed by atoms with Gasteiger partial charge >= 0.3 is 0 Å². The van der Waals surface area contributed by atoms with Crippen molar-refractivity contribution in [3.05, 3.63) is 63.3 Å². The largest absolute Gasteiger partial charge is 0.341 e. The monoisotopic (exact) mass is 325 g/mol. The van der Waals surface area contributed by atoms with Gasteiger partial charge in [0.2, 0.25) is 0 Å². The number of H-pyrrole nitrogens is 1. The molecule has 1 aliphatic carbocycles. The summed E-state index contributed by atoms with van der Waals surface area (Å²) >= 11 is 0. The van der Waals surface area contributed by atoms with E-state index in [1.165, 1.54) is 11.6 Å². The fourth-order valence-electron chi connectivity index (χ4n) is 2.88. The first-order chi connectivity index (χ1) is 11.2. The Hall–Kier alpha value is -2.43. The second-order valence-electron chi connectivity index (χ2n) is 7.58. The van der Waals surface area contributed by atoms with E-state index in [0.717, 1.165) is 18.4 Å². The van der Waals surface area contributed by atoms with Crippen molar-refractivity contribution < 1.29 is 4.79 Å². The number of hydrogen-bond acceptors (Lipinski definition) is 3. The predicted molar refractivity (Wildman–Crippen MR) is 93.1 cm³/mol. The highest BCUT2D eigenvalue weighted by molar-refractivity contribution is 5.93. The van der Waals surface area contributed by atoms with E-state index < -0.39 is 0 Å². The molecule has 0 bridgehead atoms. The van der Waals surface area contributed by atoms with E-state index >= 15 is 0 Å². The van der Waals surface area contributed by atoms with E-state index in [2.05, 4.69) is 60.3 Å². The predicted octanol–water partition coefficient (Wildman–Crippen LogP) is 2.79. The first-order valence-electron chi connectivity index (χ1n) is 8.21. The lowest BCUT2D eigenvalue weighted by Crippen LogP contribution is -2.36. The summed E-state index contributed by atoms with van der Waals surface area (Å²) in [4.78, 5) is 30.7. The highest BCUT2D eigenvalue weighted by atomic mass is 16.2. The number of amides is 1. The summed E-state index contributed by atoms with van der Waals surface area (Å²) in [5.41, 5.74) is 1.99. The van der Waals surface area contributed by atoms with Crippen LogP contribution in [0.5, 0.6) is 0 Å². The lowest BCUT2D eigenvalue weighted by molar-refractivity contribution is 0.0925. The Kier molecular flexibility index (Phi) is 3.82. The number of carbonyl (C=O) groups is 1. The molecule has 5 heteroatoms. The Bertz CT molecular complexity index is 825. The van der Waals surface area contributed by atoms with Crippen LogP contribution in [0, 0.1) is 6.92 Å². The van der Waals surface area contributed by atoms with Crippen molar-refractivity contribution in [2.24, 2.45) is 0 Å². The summed E-state index contributed by atoms with van der Waals surface area (Å²) in [6.45, 7) is 8.20. The van der Waals surface area contributed by atoms with Gasteiger partial charge in [-0.2, -0.15) is 0 Å². The molecule has 1 aliphatic rings. The molecule has 2 aromatic rings. The van der Waals surface area contributed by atoms with Crippen molar-refractivity contribution in [3.8, 4) is 0 Å². The van der Waals surface area contributed by atoms with E-state index in [1.807, 2.05) is 0 Å². The number of benzene rings is 1. The highest BCUT2D eigenvalue weighted by Gasteiger charge is 2.46. The Balaban J connectivity index is 1.81. The maximum absolute atomic E-state index is 12.5. The SMILES string of the molecule is Cc1nc(C(=O)NC2(c3ccc(C(C)(C)C)cc3)CC2)cc(=O)[nH]1. The van der Waals surface area contributed by atoms with Crippen LogP contribution in [0.25, 0.3) is 0 Å². The van der Waals surface area contributed by atoms with E-state index in [9.17, 15) is 9.59 Å². The molecule has 0 saturated heterocycles. The minimum Gasteiger partial charge on any atom is -0.341 e. The maximum Gasteiger partial charge on any atom is 0.270 e. The molecule has 0 unspecified atom stereocenters. The van der Waals surface area contributed by atoms with Gasteiger partial charge in [-0.15, -0.1) is 0 Å². The summed E-state index contributed by atoms with van der Waals surface area (Å²) in [5.74, 6) is 0.133. The zero-order valence-corrected chi connectivity index (χ0v) is 14.6. The molecule has 0 aliphatic heterocycles. The number of hydrogen-bond donors (Lipinski definition) is 2. The molecule has 3 rings (SSSR count). The standard InChI is InChI=1S/C19H23N3O2/c1-12-20-15(11-16(23)21-12)17(24)22-19(9-10-19)14-7-5-13(6-8-14)18(2,3)4/h5-8,11H,9-10H2,1-4H3,(H,22,24)(H,20,21,23). The quantitative estimate of drug-likeness (QED) is 0.911. The van der Waals surface area contributed by atoms with Gasteiger partial charge in [-0.1, -0.05) is 45.0 Å². The van der Waals surface area contributed by atoms with Crippen molar-refractivity contribution in [1.82, 2.24) is 15.3 Å². The lowest BCUT2D eigenvalue weighted by atomic mass is 9.86. The topological polar surface area (TPSA) is 74.8 Å². The third kappa shape index (κ3) is 3.25. The zero-order valence-electron chi connectivity index (χ0n) is 14.6. The average molecular weight is 325 g/mol. The van der Waals surface area contributed by atoms with Gasteiger partial charge in [0.25, 0.3) is 11.5 Å². The molecule has 0 atom stereocenters. The molecular formula is C19H23N3O2. The second kappa shape index (κ2) is 5.58. The van der Waals surface area contributed by atoms with Crippen molar-refractivity contribution in [1.29, 1.82) is 0 Å². The van der Waals surface area contributed by atoms with Gasteiger partial charge in [-0.25, -0.2) is 4.98 Å². The summed E-state index contributed by atoms with van der Waals surface area (Å²) in [6, 6.07) is 9.66. The maximum atomic E-state index is 12.5. The Morgan fingerprint density at radius 3 is 2.33 bits per heavy atom. The zero-order chi connectivity index (χ0) is 17.5. The molecule has 0 spiro atoms. The fourth-order valence-corrected chi connectivity index (χ4v) is 2.88. The van der Waals surface area contributed by atoms with E-state index in [0.29, 0.717) is 5.82 Å². The van der Waals surface area contributed by atoms with Crippen LogP contribution < -0.4 is 10.9 Å². The van der Waals surface area contributed by atoms with Crippen LogP contribution in [-0.2, 0) is 11.0 Å². The summed E-state index contributed by atoms with van der Waals surface area (Å²) in [7, 11) is 0. The Labute approximate surface area is 141 Å². The van der Waals surface area contributed by atoms with Crippen LogP contribution in [0.15, 0.2) is 35.1 Å². The Morgan fingerprint density at radius 1 is 1.21 bits per heavy atom. The molecule has 1 amide bonds. The van der Waals surface area contributed by atoms with Gasteiger partial charge in [-0.05, 0) is 36.3 Å². The molecule has 5 nitrogen and oxygen atoms in total. The first-order valence-corrected chi connectivity index (χ1v) is 8.21. The van der Waals surface area contributed by atoms with Crippen LogP contribution in [0.3, 0.4) is 0 Å². The van der Waals surface area contributed by atoms with Crippen molar-refractivity contribution in [2.45, 2.75) is 51.5 Å². The molecule has 0 radical (unpaired) electrons. The number of nitrogens with one attached hydrogen (secondary N) is 2. The van der Waals surface area contributed by atoms with E-state index in [1.54, 1.807) is 6.92 Å². The van der Waals surface area contributed by atoms with Gasteiger partial charge in [-0.3, -0.25) is 9.59 Å². The number of carbonyl (C=O) groups excluding carboxylic acids is 1. The number of nitrogens with zero attached hydrogens (tertiary/aromatic N) is 1. The van der Waals surface area contributed by atoms with Crippen molar-refractivity contribution in [3.63, 3.8) is 0 Å². The number of aromatic nitrogens is 2. The minimum absolute atomic E-state index is 0.102. The smallest absolute Gasteiger partial charge is 0.270 e. The molecule has 1 fully saturated rings. The van der Waals surface area contributed by atoms with Gasteiger partial charge in [0.15, 0.2) is 0 Å². The molecule has 1 saturated carbocycles. The molecule has 2 N–H and O–H groups in total. The summed E-state index contributed by atoms with van der Waals surface area (Å²) < 4.78 is 0. The number of aryl methyl sites for hydroxylation is 1. The van der Waals surface area contributed by atoms with E-state index in [4.69, 9.17) is 0 Å². The summed E-state index contributed by atoms with van der Waals surface area (Å²) in [5, 5.41) is 3.06. The van der Waals surface area contributed by atoms with Crippen LogP contribution in [0.1, 0.15) is 61.1 Å². The van der Waals surface area contributed by atoms with Crippen LogP contribution >= 0.6 is 0 Å². The molecule has 1 aromatic carbocycles. The molecule has 24 heavy (non-hydrogen) atoms. The fraction of sp³-hybridized carbons (Fsp3) is 0.421. The van der Waals surface area contributed by atoms with Crippen molar-refractivity contribution >= 4 is 5.91 Å². The molecule has 1 heterocycles. The van der Waals surface area contributed by atoms with Gasteiger partial charge in [0.1, 0.15) is 11.5 Å². The number of rotatable bonds is 3. The van der Waals surface area contributed by atoms with Gasteiger partial charge < -0.3 is 10.3 Å². The van der Waals surface area contributed by atoms with Crippen LogP contribution in [0.4, 0.5) is 0 Å². The second-order valence-corrected chi connectivity index (χ2v) is 7.58. The number of aromatic amines is 1. The third-order valence-corrected chi connectivity index (χ3v) is 4.50. The van der Waals surface area contributed by atoms with Crippen LogP contribution in [0.2, 0.25) is 0 Å². The van der Waals surface area contributed by atoms with Crippen LogP contribution in [-0.4, -0.2) is 15.9 Å². The molecule has 1 aromatic heterocycles. The van der Waals surface area contributed by atoms with Gasteiger partial charge in [0.05, 0.1) is 5.54 Å². The Morgan fingerprint density at radius 2 is 1.83 bits per heavy atom. The lowest BCUT2D eigenvalue weighted by Gasteiger charge is -2.22. The van der Waals surface area contributed by atoms with E-state index in [-0.39, 0.29) is 28.1 Å². The minimum atomic E-state index is -0.328.